The zero-order valence-corrected chi connectivity index (χ0v) is 7.66. The normalized spacial score (nSPS) is 10.9. The van der Waals surface area contributed by atoms with E-state index in [0.29, 0.717) is 16.8 Å². The maximum atomic E-state index is 11.6. The van der Waals surface area contributed by atoms with Crippen LogP contribution in [0.3, 0.4) is 0 Å². The third-order valence-electron chi connectivity index (χ3n) is 2.17. The predicted molar refractivity (Wildman–Crippen MR) is 54.6 cm³/mol. The molecular weight excluding hydrogens is 192 g/mol. The van der Waals surface area contributed by atoms with E-state index in [-0.39, 0.29) is 5.56 Å². The van der Waals surface area contributed by atoms with Gasteiger partial charge in [0.25, 0.3) is 5.56 Å². The Morgan fingerprint density at radius 2 is 2.00 bits per heavy atom. The van der Waals surface area contributed by atoms with E-state index in [1.807, 2.05) is 0 Å². The summed E-state index contributed by atoms with van der Waals surface area (Å²) < 4.78 is 1.69. The summed E-state index contributed by atoms with van der Waals surface area (Å²) in [7, 11) is 0. The summed E-state index contributed by atoms with van der Waals surface area (Å²) in [4.78, 5) is 23.6. The largest absolute Gasteiger partial charge is 0.284 e. The van der Waals surface area contributed by atoms with Gasteiger partial charge in [0.15, 0.2) is 5.65 Å². The van der Waals surface area contributed by atoms with Gasteiger partial charge in [0.05, 0.1) is 5.39 Å². The molecule has 0 unspecified atom stereocenters. The fourth-order valence-electron chi connectivity index (χ4n) is 1.52. The molecule has 15 heavy (non-hydrogen) atoms. The van der Waals surface area contributed by atoms with Crippen molar-refractivity contribution in [2.45, 2.75) is 0 Å². The molecule has 3 aromatic rings. The topological polar surface area (TPSA) is 60.2 Å². The Hall–Kier alpha value is -2.30. The molecule has 0 aliphatic carbocycles. The number of aromatic nitrogens is 4. The van der Waals surface area contributed by atoms with Crippen LogP contribution < -0.4 is 5.56 Å². The molecule has 0 atom stereocenters. The summed E-state index contributed by atoms with van der Waals surface area (Å²) in [6, 6.07) is 5.19. The molecule has 0 fully saturated rings. The summed E-state index contributed by atoms with van der Waals surface area (Å²) in [5.41, 5.74) is 0.289. The average Bonchev–Trinajstić information content (AvgIpc) is 2.30. The standard InChI is InChI=1S/C10H6N4O/c15-9-7-3-1-4-11-8(7)14-6-2-5-12-10(14)13-9/h1-6H. The third-order valence-corrected chi connectivity index (χ3v) is 2.17. The Labute approximate surface area is 84.1 Å². The fourth-order valence-corrected chi connectivity index (χ4v) is 1.52. The van der Waals surface area contributed by atoms with Crippen LogP contribution in [0.5, 0.6) is 0 Å². The Morgan fingerprint density at radius 1 is 1.13 bits per heavy atom. The Morgan fingerprint density at radius 3 is 2.93 bits per heavy atom. The molecule has 0 aliphatic rings. The number of hydrogen-bond acceptors (Lipinski definition) is 4. The first-order chi connectivity index (χ1) is 7.36. The van der Waals surface area contributed by atoms with E-state index in [0.717, 1.165) is 0 Å². The number of nitrogens with zero attached hydrogens (tertiary/aromatic N) is 4. The van der Waals surface area contributed by atoms with Crippen molar-refractivity contribution < 1.29 is 0 Å². The van der Waals surface area contributed by atoms with E-state index in [1.165, 1.54) is 0 Å². The number of fused-ring (bicyclic) bond motifs is 3. The molecule has 0 aromatic carbocycles. The van der Waals surface area contributed by atoms with E-state index in [2.05, 4.69) is 15.0 Å². The molecule has 72 valence electrons. The minimum Gasteiger partial charge on any atom is -0.269 e. The minimum absolute atomic E-state index is 0.295. The quantitative estimate of drug-likeness (QED) is 0.497. The van der Waals surface area contributed by atoms with Gasteiger partial charge in [0.1, 0.15) is 0 Å². The Kier molecular flexibility index (Phi) is 1.53. The van der Waals surface area contributed by atoms with Gasteiger partial charge in [-0.15, -0.1) is 0 Å². The highest BCUT2D eigenvalue weighted by molar-refractivity contribution is 5.75. The molecular formula is C10H6N4O. The van der Waals surface area contributed by atoms with Gasteiger partial charge in [-0.25, -0.2) is 9.97 Å². The van der Waals surface area contributed by atoms with Crippen molar-refractivity contribution in [2.24, 2.45) is 0 Å². The van der Waals surface area contributed by atoms with E-state index >= 15 is 0 Å². The first-order valence-electron chi connectivity index (χ1n) is 4.44. The maximum absolute atomic E-state index is 11.6. The lowest BCUT2D eigenvalue weighted by atomic mass is 10.3. The molecule has 0 radical (unpaired) electrons. The van der Waals surface area contributed by atoms with Crippen molar-refractivity contribution in [3.8, 4) is 0 Å². The molecule has 5 heteroatoms. The lowest BCUT2D eigenvalue weighted by molar-refractivity contribution is 1.04. The van der Waals surface area contributed by atoms with E-state index in [4.69, 9.17) is 0 Å². The van der Waals surface area contributed by atoms with Crippen LogP contribution >= 0.6 is 0 Å². The van der Waals surface area contributed by atoms with E-state index in [1.54, 1.807) is 41.2 Å². The van der Waals surface area contributed by atoms with Crippen LogP contribution in [-0.2, 0) is 0 Å². The molecule has 0 spiro atoms. The summed E-state index contributed by atoms with van der Waals surface area (Å²) in [6.07, 6.45) is 5.02. The van der Waals surface area contributed by atoms with Crippen LogP contribution in [0.2, 0.25) is 0 Å². The van der Waals surface area contributed by atoms with Crippen LogP contribution in [0.25, 0.3) is 16.8 Å². The zero-order chi connectivity index (χ0) is 10.3. The molecule has 0 saturated carbocycles. The number of rotatable bonds is 0. The molecule has 3 heterocycles. The molecule has 0 amide bonds. The van der Waals surface area contributed by atoms with Gasteiger partial charge in [-0.1, -0.05) is 0 Å². The summed E-state index contributed by atoms with van der Waals surface area (Å²) in [5, 5.41) is 0.503. The van der Waals surface area contributed by atoms with Crippen molar-refractivity contribution in [3.05, 3.63) is 47.1 Å². The van der Waals surface area contributed by atoms with Gasteiger partial charge in [-0.3, -0.25) is 9.20 Å². The second-order valence-corrected chi connectivity index (χ2v) is 3.08. The predicted octanol–water partition coefficient (Wildman–Crippen LogP) is 0.638. The van der Waals surface area contributed by atoms with Crippen molar-refractivity contribution in [1.82, 2.24) is 19.4 Å². The first-order valence-corrected chi connectivity index (χ1v) is 4.44. The Bertz CT molecular complexity index is 704. The molecule has 3 aromatic heterocycles. The highest BCUT2D eigenvalue weighted by Gasteiger charge is 2.04. The van der Waals surface area contributed by atoms with Crippen LogP contribution in [0.1, 0.15) is 0 Å². The summed E-state index contributed by atoms with van der Waals surface area (Å²) in [6.45, 7) is 0. The van der Waals surface area contributed by atoms with Crippen molar-refractivity contribution >= 4 is 16.8 Å². The third kappa shape index (κ3) is 1.10. The highest BCUT2D eigenvalue weighted by Crippen LogP contribution is 2.05. The second-order valence-electron chi connectivity index (χ2n) is 3.08. The van der Waals surface area contributed by atoms with Crippen LogP contribution in [0, 0.1) is 0 Å². The molecule has 0 N–H and O–H groups in total. The molecule has 5 nitrogen and oxygen atoms in total. The van der Waals surface area contributed by atoms with Crippen molar-refractivity contribution in [3.63, 3.8) is 0 Å². The highest BCUT2D eigenvalue weighted by atomic mass is 16.1. The lowest BCUT2D eigenvalue weighted by Gasteiger charge is -2.01. The maximum Gasteiger partial charge on any atom is 0.284 e. The van der Waals surface area contributed by atoms with Crippen LogP contribution in [0.15, 0.2) is 41.6 Å². The van der Waals surface area contributed by atoms with Crippen molar-refractivity contribution in [1.29, 1.82) is 0 Å². The molecule has 0 saturated heterocycles. The Balaban J connectivity index is 2.70. The second kappa shape index (κ2) is 2.84. The summed E-state index contributed by atoms with van der Waals surface area (Å²) >= 11 is 0. The van der Waals surface area contributed by atoms with Gasteiger partial charge in [-0.05, 0) is 18.2 Å². The molecule has 0 bridgehead atoms. The number of pyridine rings is 1. The van der Waals surface area contributed by atoms with Gasteiger partial charge in [0.2, 0.25) is 5.78 Å². The number of hydrogen-bond donors (Lipinski definition) is 0. The monoisotopic (exact) mass is 198 g/mol. The van der Waals surface area contributed by atoms with Gasteiger partial charge in [-0.2, -0.15) is 4.98 Å². The smallest absolute Gasteiger partial charge is 0.269 e. The SMILES string of the molecule is O=c1nc2ncccn2c2ncccc12. The minimum atomic E-state index is -0.295. The first kappa shape index (κ1) is 8.05. The fraction of sp³-hybridized carbons (Fsp3) is 0. The lowest BCUT2D eigenvalue weighted by Crippen LogP contribution is -2.12. The van der Waals surface area contributed by atoms with E-state index < -0.39 is 0 Å². The van der Waals surface area contributed by atoms with E-state index in [9.17, 15) is 4.79 Å². The average molecular weight is 198 g/mol. The zero-order valence-electron chi connectivity index (χ0n) is 7.66. The van der Waals surface area contributed by atoms with Crippen molar-refractivity contribution in [2.75, 3.05) is 0 Å². The van der Waals surface area contributed by atoms with Crippen LogP contribution in [0.4, 0.5) is 0 Å². The van der Waals surface area contributed by atoms with Gasteiger partial charge < -0.3 is 0 Å². The van der Waals surface area contributed by atoms with Gasteiger partial charge >= 0.3 is 0 Å². The van der Waals surface area contributed by atoms with Gasteiger partial charge in [0, 0.05) is 18.6 Å². The van der Waals surface area contributed by atoms with Crippen LogP contribution in [-0.4, -0.2) is 19.4 Å². The molecule has 0 aliphatic heterocycles. The molecule has 3 rings (SSSR count). The summed E-state index contributed by atoms with van der Waals surface area (Å²) in [5.74, 6) is 0.369.